The Bertz CT molecular complexity index is 2870. The van der Waals surface area contributed by atoms with Crippen molar-refractivity contribution in [1.82, 2.24) is 0 Å². The van der Waals surface area contributed by atoms with Gasteiger partial charge in [0.2, 0.25) is 23.0 Å². The van der Waals surface area contributed by atoms with E-state index in [1.807, 2.05) is 0 Å². The molecule has 1 fully saturated rings. The molecule has 3 unspecified atom stereocenters. The number of aliphatic hydroxyl groups excluding tert-OH is 3. The first kappa shape index (κ1) is 35.6. The van der Waals surface area contributed by atoms with Crippen LogP contribution in [0.1, 0.15) is 20.7 Å². The van der Waals surface area contributed by atoms with Gasteiger partial charge in [0.1, 0.15) is 24.9 Å². The highest BCUT2D eigenvalue weighted by Gasteiger charge is 2.48. The van der Waals surface area contributed by atoms with Crippen molar-refractivity contribution < 1.29 is 99.0 Å². The number of benzene rings is 4. The monoisotopic (exact) mass is 782 g/mol. The van der Waals surface area contributed by atoms with E-state index < -0.39 is 184 Å². The second-order valence-corrected chi connectivity index (χ2v) is 12.6. The molecule has 13 N–H and O–H groups in total. The number of ether oxygens (including phenoxy) is 3. The lowest BCUT2D eigenvalue weighted by atomic mass is 9.88. The minimum atomic E-state index is -2.28. The van der Waals surface area contributed by atoms with E-state index in [9.17, 15) is 85.6 Å². The summed E-state index contributed by atoms with van der Waals surface area (Å²) < 4.78 is 26.3. The molecule has 0 aliphatic carbocycles. The molecule has 56 heavy (non-hydrogen) atoms. The second kappa shape index (κ2) is 11.8. The standard InChI is InChI=1S/C34H22O22/c35-6-1-4-9(19(39)17(6)37)11-15-13-14-16(33(50)56-28(13)23(43)21(11)41)12(22(42)24(44)29(14)55-32(15)49)10-5(2-7(36)18(38)20(10)40)31(48)54-27-8(3-52-30(4)47)53-34(51)26(46)25(27)45/h1-2,8,25-27,34-46,51H,3H2/t8?,25?,26-,27+,34?/m0/s1. The third kappa shape index (κ3) is 4.57. The Labute approximate surface area is 304 Å². The van der Waals surface area contributed by atoms with E-state index in [0.29, 0.717) is 12.1 Å². The number of aromatic hydroxyl groups is 10. The lowest BCUT2D eigenvalue weighted by molar-refractivity contribution is -0.285. The highest BCUT2D eigenvalue weighted by atomic mass is 16.7. The molecule has 0 radical (unpaired) electrons. The van der Waals surface area contributed by atoms with Crippen molar-refractivity contribution in [3.05, 3.63) is 44.1 Å². The second-order valence-electron chi connectivity index (χ2n) is 12.6. The number of fused-ring (bicyclic) bond motifs is 5. The smallest absolute Gasteiger partial charge is 0.345 e. The van der Waals surface area contributed by atoms with Crippen LogP contribution in [-0.4, -0.2) is 116 Å². The van der Waals surface area contributed by atoms with Gasteiger partial charge in [-0.1, -0.05) is 0 Å². The average Bonchev–Trinajstić information content (AvgIpc) is 3.15. The Hall–Kier alpha value is -7.40. The van der Waals surface area contributed by atoms with Crippen molar-refractivity contribution in [1.29, 1.82) is 0 Å². The fourth-order valence-corrected chi connectivity index (χ4v) is 7.00. The van der Waals surface area contributed by atoms with Gasteiger partial charge in [-0.25, -0.2) is 19.2 Å². The molecular weight excluding hydrogens is 760 g/mol. The van der Waals surface area contributed by atoms with Crippen molar-refractivity contribution in [2.75, 3.05) is 6.61 Å². The van der Waals surface area contributed by atoms with E-state index in [1.165, 1.54) is 0 Å². The molecule has 0 spiro atoms. The summed E-state index contributed by atoms with van der Waals surface area (Å²) in [5.41, 5.74) is -11.8. The molecule has 22 heteroatoms. The fourth-order valence-electron chi connectivity index (χ4n) is 7.00. The molecule has 5 atom stereocenters. The molecule has 2 aromatic heterocycles. The molecule has 2 aliphatic heterocycles. The molecule has 8 rings (SSSR count). The molecule has 6 bridgehead atoms. The van der Waals surface area contributed by atoms with Crippen LogP contribution < -0.4 is 11.3 Å². The minimum Gasteiger partial charge on any atom is -0.504 e. The summed E-state index contributed by atoms with van der Waals surface area (Å²) in [6, 6.07) is 0.887. The van der Waals surface area contributed by atoms with E-state index >= 15 is 0 Å². The van der Waals surface area contributed by atoms with Crippen LogP contribution in [0.4, 0.5) is 0 Å². The van der Waals surface area contributed by atoms with Crippen molar-refractivity contribution in [3.8, 4) is 79.7 Å². The molecule has 22 nitrogen and oxygen atoms in total. The normalized spacial score (nSPS) is 21.3. The van der Waals surface area contributed by atoms with Gasteiger partial charge in [-0.3, -0.25) is 0 Å². The zero-order chi connectivity index (χ0) is 40.6. The first-order valence-electron chi connectivity index (χ1n) is 15.7. The van der Waals surface area contributed by atoms with Crippen LogP contribution in [-0.2, 0) is 14.2 Å². The van der Waals surface area contributed by atoms with Crippen LogP contribution >= 0.6 is 0 Å². The van der Waals surface area contributed by atoms with E-state index in [-0.39, 0.29) is 0 Å². The summed E-state index contributed by atoms with van der Waals surface area (Å²) in [5, 5.41) is 137. The van der Waals surface area contributed by atoms with Crippen molar-refractivity contribution in [3.63, 3.8) is 0 Å². The fraction of sp³-hybridized carbons (Fsp3) is 0.176. The number of cyclic esters (lactones) is 1. The molecule has 6 aromatic rings. The summed E-state index contributed by atoms with van der Waals surface area (Å²) in [7, 11) is 0. The van der Waals surface area contributed by atoms with E-state index in [1.54, 1.807) is 0 Å². The Kier molecular flexibility index (Phi) is 7.50. The van der Waals surface area contributed by atoms with E-state index in [4.69, 9.17) is 23.0 Å². The van der Waals surface area contributed by atoms with Crippen LogP contribution in [0.2, 0.25) is 0 Å². The quantitative estimate of drug-likeness (QED) is 0.0418. The zero-order valence-electron chi connectivity index (χ0n) is 27.2. The maximum absolute atomic E-state index is 14.0. The topological polar surface area (TPSA) is 385 Å². The number of rotatable bonds is 0. The third-order valence-corrected chi connectivity index (χ3v) is 9.58. The largest absolute Gasteiger partial charge is 0.504 e. The van der Waals surface area contributed by atoms with Crippen molar-refractivity contribution in [2.45, 2.75) is 30.7 Å². The van der Waals surface area contributed by atoms with Crippen LogP contribution in [0.25, 0.3) is 55.0 Å². The minimum absolute atomic E-state index is 0.424. The van der Waals surface area contributed by atoms with Gasteiger partial charge in [0.15, 0.2) is 58.1 Å². The van der Waals surface area contributed by atoms with Crippen LogP contribution in [0, 0.1) is 0 Å². The maximum Gasteiger partial charge on any atom is 0.345 e. The number of esters is 2. The summed E-state index contributed by atoms with van der Waals surface area (Å²) in [5.74, 6) is -17.2. The SMILES string of the molecule is O=C1OCC2OC(O)[C@@H](O)C(O)[C@@H]2OC(=O)c2cc(O)c(O)c(O)c2-c2c(O)c(O)c3oc(=O)c4c(c(O)c(O)c5oc(=O)c2c3c54)-c2c1cc(O)c(O)c2O. The molecule has 4 heterocycles. The van der Waals surface area contributed by atoms with Gasteiger partial charge in [-0.2, -0.15) is 0 Å². The Balaban J connectivity index is 1.62. The van der Waals surface area contributed by atoms with Gasteiger partial charge in [-0.05, 0) is 12.1 Å². The lowest BCUT2D eigenvalue weighted by Crippen LogP contribution is -2.60. The predicted molar refractivity (Wildman–Crippen MR) is 177 cm³/mol. The van der Waals surface area contributed by atoms with Gasteiger partial charge in [0, 0.05) is 33.0 Å². The van der Waals surface area contributed by atoms with Crippen LogP contribution in [0.15, 0.2) is 30.6 Å². The highest BCUT2D eigenvalue weighted by molar-refractivity contribution is 6.29. The first-order chi connectivity index (χ1) is 26.4. The first-order valence-corrected chi connectivity index (χ1v) is 15.7. The van der Waals surface area contributed by atoms with Gasteiger partial charge in [0.25, 0.3) is 0 Å². The Morgan fingerprint density at radius 2 is 0.929 bits per heavy atom. The van der Waals surface area contributed by atoms with Crippen molar-refractivity contribution >= 4 is 44.6 Å². The van der Waals surface area contributed by atoms with E-state index in [0.717, 1.165) is 0 Å². The van der Waals surface area contributed by atoms with Crippen LogP contribution in [0.3, 0.4) is 0 Å². The highest BCUT2D eigenvalue weighted by Crippen LogP contribution is 2.58. The molecule has 4 aromatic carbocycles. The van der Waals surface area contributed by atoms with Gasteiger partial charge < -0.3 is 89.4 Å². The number of carbonyl (C=O) groups excluding carboxylic acids is 2. The number of carbonyl (C=O) groups is 2. The molecular formula is C34H22O22. The molecule has 0 saturated carbocycles. The lowest BCUT2D eigenvalue weighted by Gasteiger charge is -2.40. The molecule has 1 saturated heterocycles. The maximum atomic E-state index is 14.0. The molecule has 290 valence electrons. The number of hydrogen-bond donors (Lipinski definition) is 13. The molecule has 0 amide bonds. The average molecular weight is 783 g/mol. The van der Waals surface area contributed by atoms with Gasteiger partial charge >= 0.3 is 23.2 Å². The van der Waals surface area contributed by atoms with Gasteiger partial charge in [-0.15, -0.1) is 0 Å². The van der Waals surface area contributed by atoms with Crippen molar-refractivity contribution in [2.24, 2.45) is 0 Å². The Morgan fingerprint density at radius 3 is 1.39 bits per heavy atom. The van der Waals surface area contributed by atoms with Crippen LogP contribution in [0.5, 0.6) is 57.5 Å². The van der Waals surface area contributed by atoms with Gasteiger partial charge in [0.05, 0.1) is 21.9 Å². The summed E-state index contributed by atoms with van der Waals surface area (Å²) in [6.07, 6.45) is -10.9. The van der Waals surface area contributed by atoms with E-state index in [2.05, 4.69) is 0 Å². The third-order valence-electron chi connectivity index (χ3n) is 9.58. The predicted octanol–water partition coefficient (Wildman–Crippen LogP) is 0.0152. The number of aliphatic hydroxyl groups is 3. The number of hydrogen-bond acceptors (Lipinski definition) is 22. The number of phenols is 10. The zero-order valence-corrected chi connectivity index (χ0v) is 27.2. The summed E-state index contributed by atoms with van der Waals surface area (Å²) in [6.45, 7) is -1.15. The number of phenolic OH excluding ortho intramolecular Hbond substituents is 10. The Morgan fingerprint density at radius 1 is 0.500 bits per heavy atom. The summed E-state index contributed by atoms with van der Waals surface area (Å²) in [4.78, 5) is 55.4. The summed E-state index contributed by atoms with van der Waals surface area (Å²) >= 11 is 0. The molecule has 2 aliphatic rings.